The van der Waals surface area contributed by atoms with Crippen molar-refractivity contribution in [3.63, 3.8) is 0 Å². The Hall–Kier alpha value is -0.970. The zero-order chi connectivity index (χ0) is 12.3. The summed E-state index contributed by atoms with van der Waals surface area (Å²) >= 11 is 3.33. The number of nitrogens with zero attached hydrogens (tertiary/aromatic N) is 2. The molecule has 88 valence electrons. The summed E-state index contributed by atoms with van der Waals surface area (Å²) in [5.41, 5.74) is 1.69. The third-order valence-corrected chi connectivity index (χ3v) is 3.53. The second kappa shape index (κ2) is 5.39. The lowest BCUT2D eigenvalue weighted by Gasteiger charge is -2.13. The molecule has 16 heavy (non-hydrogen) atoms. The third-order valence-electron chi connectivity index (χ3n) is 2.05. The third kappa shape index (κ3) is 3.56. The summed E-state index contributed by atoms with van der Waals surface area (Å²) in [7, 11) is 0. The van der Waals surface area contributed by atoms with Crippen molar-refractivity contribution in [3.8, 4) is 0 Å². The van der Waals surface area contributed by atoms with E-state index in [0.717, 1.165) is 11.4 Å². The minimum absolute atomic E-state index is 0.111. The van der Waals surface area contributed by atoms with Crippen LogP contribution in [0, 0.1) is 19.8 Å². The van der Waals surface area contributed by atoms with Gasteiger partial charge in [0.05, 0.1) is 4.83 Å². The Balaban J connectivity index is 2.77. The summed E-state index contributed by atoms with van der Waals surface area (Å²) in [6.07, 6.45) is 0. The minimum atomic E-state index is -0.225. The second-order valence-electron chi connectivity index (χ2n) is 4.11. The Morgan fingerprint density at radius 2 is 1.81 bits per heavy atom. The van der Waals surface area contributed by atoms with Crippen LogP contribution in [-0.2, 0) is 4.79 Å². The highest BCUT2D eigenvalue weighted by Crippen LogP contribution is 2.14. The van der Waals surface area contributed by atoms with Gasteiger partial charge in [0.25, 0.3) is 0 Å². The maximum absolute atomic E-state index is 11.7. The van der Waals surface area contributed by atoms with Crippen molar-refractivity contribution in [2.45, 2.75) is 32.5 Å². The van der Waals surface area contributed by atoms with Gasteiger partial charge in [-0.2, -0.15) is 0 Å². The molecule has 0 aliphatic heterocycles. The molecule has 0 aliphatic carbocycles. The van der Waals surface area contributed by atoms with Crippen molar-refractivity contribution < 1.29 is 4.79 Å². The highest BCUT2D eigenvalue weighted by molar-refractivity contribution is 9.10. The largest absolute Gasteiger partial charge is 0.294 e. The van der Waals surface area contributed by atoms with E-state index in [4.69, 9.17) is 0 Å². The van der Waals surface area contributed by atoms with E-state index >= 15 is 0 Å². The molecule has 1 atom stereocenters. The van der Waals surface area contributed by atoms with E-state index in [9.17, 15) is 4.79 Å². The number of alkyl halides is 1. The summed E-state index contributed by atoms with van der Waals surface area (Å²) in [4.78, 5) is 19.8. The fraction of sp³-hybridized carbons (Fsp3) is 0.545. The Morgan fingerprint density at radius 3 is 2.25 bits per heavy atom. The normalized spacial score (nSPS) is 12.6. The van der Waals surface area contributed by atoms with Crippen molar-refractivity contribution in [2.75, 3.05) is 5.32 Å². The molecule has 1 amide bonds. The molecule has 1 N–H and O–H groups in total. The van der Waals surface area contributed by atoms with Crippen LogP contribution in [0.2, 0.25) is 0 Å². The van der Waals surface area contributed by atoms with Crippen molar-refractivity contribution in [3.05, 3.63) is 17.5 Å². The van der Waals surface area contributed by atoms with E-state index in [0.29, 0.717) is 5.95 Å². The number of anilines is 1. The van der Waals surface area contributed by atoms with Crippen LogP contribution in [-0.4, -0.2) is 20.7 Å². The van der Waals surface area contributed by atoms with E-state index in [-0.39, 0.29) is 16.7 Å². The standard InChI is InChI=1S/C11H16BrN3O/c1-6(2)9(12)10(16)15-11-13-7(3)5-8(4)14-11/h5-6,9H,1-4H3,(H,13,14,15,16). The van der Waals surface area contributed by atoms with Crippen LogP contribution in [0.1, 0.15) is 25.2 Å². The molecule has 1 unspecified atom stereocenters. The number of halogens is 1. The van der Waals surface area contributed by atoms with Gasteiger partial charge in [-0.05, 0) is 25.8 Å². The molecule has 0 spiro atoms. The first kappa shape index (κ1) is 13.1. The number of carbonyl (C=O) groups excluding carboxylic acids is 1. The molecule has 1 aromatic heterocycles. The molecule has 1 aromatic rings. The summed E-state index contributed by atoms with van der Waals surface area (Å²) in [5, 5.41) is 2.70. The lowest BCUT2D eigenvalue weighted by molar-refractivity contribution is -0.116. The maximum Gasteiger partial charge on any atom is 0.240 e. The number of nitrogens with one attached hydrogen (secondary N) is 1. The van der Waals surface area contributed by atoms with Crippen LogP contribution in [0.25, 0.3) is 0 Å². The SMILES string of the molecule is Cc1cc(C)nc(NC(=O)C(Br)C(C)C)n1. The van der Waals surface area contributed by atoms with Crippen LogP contribution in [0.5, 0.6) is 0 Å². The molecular weight excluding hydrogens is 270 g/mol. The molecule has 0 aromatic carbocycles. The molecule has 0 saturated heterocycles. The lowest BCUT2D eigenvalue weighted by Crippen LogP contribution is -2.28. The van der Waals surface area contributed by atoms with Crippen molar-refractivity contribution in [1.82, 2.24) is 9.97 Å². The van der Waals surface area contributed by atoms with Crippen LogP contribution in [0.3, 0.4) is 0 Å². The van der Waals surface area contributed by atoms with E-state index in [1.807, 2.05) is 33.8 Å². The van der Waals surface area contributed by atoms with E-state index in [2.05, 4.69) is 31.2 Å². The smallest absolute Gasteiger partial charge is 0.240 e. The molecule has 1 heterocycles. The van der Waals surface area contributed by atoms with E-state index < -0.39 is 0 Å². The first-order chi connectivity index (χ1) is 7.40. The van der Waals surface area contributed by atoms with Gasteiger partial charge in [0.2, 0.25) is 11.9 Å². The molecule has 0 fully saturated rings. The minimum Gasteiger partial charge on any atom is -0.294 e. The lowest BCUT2D eigenvalue weighted by atomic mass is 10.1. The molecule has 0 aliphatic rings. The van der Waals surface area contributed by atoms with Crippen molar-refractivity contribution >= 4 is 27.8 Å². The topological polar surface area (TPSA) is 54.9 Å². The number of hydrogen-bond acceptors (Lipinski definition) is 3. The zero-order valence-electron chi connectivity index (χ0n) is 9.91. The van der Waals surface area contributed by atoms with Gasteiger partial charge in [-0.1, -0.05) is 29.8 Å². The quantitative estimate of drug-likeness (QED) is 0.868. The Morgan fingerprint density at radius 1 is 1.31 bits per heavy atom. The second-order valence-corrected chi connectivity index (χ2v) is 5.10. The van der Waals surface area contributed by atoms with Crippen LogP contribution < -0.4 is 5.32 Å². The Bertz CT molecular complexity index is 373. The summed E-state index contributed by atoms with van der Waals surface area (Å²) < 4.78 is 0. The monoisotopic (exact) mass is 285 g/mol. The van der Waals surface area contributed by atoms with E-state index in [1.54, 1.807) is 0 Å². The maximum atomic E-state index is 11.7. The molecule has 0 bridgehead atoms. The summed E-state index contributed by atoms with van der Waals surface area (Å²) in [6, 6.07) is 1.86. The van der Waals surface area contributed by atoms with Gasteiger partial charge in [-0.25, -0.2) is 9.97 Å². The molecular formula is C11H16BrN3O. The predicted octanol–water partition coefficient (Wildman–Crippen LogP) is 2.45. The fourth-order valence-electron chi connectivity index (χ4n) is 1.26. The molecule has 1 rings (SSSR count). The van der Waals surface area contributed by atoms with Gasteiger partial charge in [0.1, 0.15) is 0 Å². The van der Waals surface area contributed by atoms with Gasteiger partial charge >= 0.3 is 0 Å². The molecule has 5 heteroatoms. The summed E-state index contributed by atoms with van der Waals surface area (Å²) in [5.74, 6) is 0.485. The van der Waals surface area contributed by atoms with Gasteiger partial charge in [-0.3, -0.25) is 10.1 Å². The van der Waals surface area contributed by atoms with E-state index in [1.165, 1.54) is 0 Å². The molecule has 0 radical (unpaired) electrons. The van der Waals surface area contributed by atoms with Gasteiger partial charge in [0, 0.05) is 11.4 Å². The molecule has 0 saturated carbocycles. The number of aryl methyl sites for hydroxylation is 2. The van der Waals surface area contributed by atoms with Crippen LogP contribution in [0.4, 0.5) is 5.95 Å². The number of hydrogen-bond donors (Lipinski definition) is 1. The predicted molar refractivity (Wildman–Crippen MR) is 67.7 cm³/mol. The Kier molecular flexibility index (Phi) is 4.41. The number of amides is 1. The average molecular weight is 286 g/mol. The molecule has 4 nitrogen and oxygen atoms in total. The fourth-order valence-corrected chi connectivity index (χ4v) is 1.38. The van der Waals surface area contributed by atoms with Gasteiger partial charge in [0.15, 0.2) is 0 Å². The average Bonchev–Trinajstić information content (AvgIpc) is 2.14. The zero-order valence-corrected chi connectivity index (χ0v) is 11.5. The van der Waals surface area contributed by atoms with Gasteiger partial charge in [-0.15, -0.1) is 0 Å². The number of aromatic nitrogens is 2. The number of rotatable bonds is 3. The van der Waals surface area contributed by atoms with Gasteiger partial charge < -0.3 is 0 Å². The van der Waals surface area contributed by atoms with Crippen LogP contribution >= 0.6 is 15.9 Å². The Labute approximate surface area is 104 Å². The summed E-state index contributed by atoms with van der Waals surface area (Å²) in [6.45, 7) is 7.69. The first-order valence-electron chi connectivity index (χ1n) is 5.17. The number of carbonyl (C=O) groups is 1. The van der Waals surface area contributed by atoms with Crippen molar-refractivity contribution in [2.24, 2.45) is 5.92 Å². The highest BCUT2D eigenvalue weighted by atomic mass is 79.9. The first-order valence-corrected chi connectivity index (χ1v) is 6.09. The highest BCUT2D eigenvalue weighted by Gasteiger charge is 2.19. The van der Waals surface area contributed by atoms with Crippen LogP contribution in [0.15, 0.2) is 6.07 Å². The van der Waals surface area contributed by atoms with Crippen molar-refractivity contribution in [1.29, 1.82) is 0 Å².